The second-order valence-electron chi connectivity index (χ2n) is 5.87. The molecule has 2 nitrogen and oxygen atoms in total. The predicted octanol–water partition coefficient (Wildman–Crippen LogP) is 7.04. The zero-order valence-corrected chi connectivity index (χ0v) is 16.5. The molecule has 0 atom stereocenters. The van der Waals surface area contributed by atoms with Gasteiger partial charge in [-0.2, -0.15) is 13.2 Å². The van der Waals surface area contributed by atoms with Gasteiger partial charge in [0.1, 0.15) is 15.7 Å². The molecule has 27 heavy (non-hydrogen) atoms. The van der Waals surface area contributed by atoms with Crippen molar-refractivity contribution in [3.05, 3.63) is 64.1 Å². The normalized spacial score (nSPS) is 12.0. The van der Waals surface area contributed by atoms with Crippen molar-refractivity contribution in [2.45, 2.75) is 23.9 Å². The van der Waals surface area contributed by atoms with Gasteiger partial charge in [-0.3, -0.25) is 0 Å². The Hall–Kier alpha value is -1.90. The van der Waals surface area contributed by atoms with Gasteiger partial charge in [0.05, 0.1) is 10.9 Å². The van der Waals surface area contributed by atoms with Crippen LogP contribution in [-0.4, -0.2) is 9.97 Å². The van der Waals surface area contributed by atoms with Gasteiger partial charge < -0.3 is 0 Å². The summed E-state index contributed by atoms with van der Waals surface area (Å²) in [6, 6.07) is 9.49. The second-order valence-corrected chi connectivity index (χ2v) is 8.64. The summed E-state index contributed by atoms with van der Waals surface area (Å²) < 4.78 is 38.8. The van der Waals surface area contributed by atoms with Crippen molar-refractivity contribution in [1.29, 1.82) is 0 Å². The molecule has 8 heteroatoms. The molecule has 0 fully saturated rings. The van der Waals surface area contributed by atoms with Crippen LogP contribution in [-0.2, 0) is 11.9 Å². The lowest BCUT2D eigenvalue weighted by Crippen LogP contribution is -2.04. The topological polar surface area (TPSA) is 25.8 Å². The highest BCUT2D eigenvalue weighted by Gasteiger charge is 2.30. The van der Waals surface area contributed by atoms with Gasteiger partial charge in [-0.1, -0.05) is 24.3 Å². The first-order valence-electron chi connectivity index (χ1n) is 8.00. The molecule has 0 aliphatic heterocycles. The molecule has 3 heterocycles. The molecular weight excluding hydrogens is 409 g/mol. The van der Waals surface area contributed by atoms with E-state index in [4.69, 9.17) is 0 Å². The maximum absolute atomic E-state index is 12.9. The standard InChI is InChI=1S/C19H13F3N2S3/c1-11-23-17(26-9-12-4-2-5-13(8-12)19(20,21)22)16-14(10-27-18(16)24-11)15-6-3-7-25-15/h2-8,10H,9H2,1H3. The summed E-state index contributed by atoms with van der Waals surface area (Å²) >= 11 is 4.65. The number of fused-ring (bicyclic) bond motifs is 1. The Balaban J connectivity index is 1.69. The van der Waals surface area contributed by atoms with Crippen LogP contribution in [0.2, 0.25) is 0 Å². The molecule has 0 N–H and O–H groups in total. The lowest BCUT2D eigenvalue weighted by molar-refractivity contribution is -0.137. The van der Waals surface area contributed by atoms with E-state index in [-0.39, 0.29) is 0 Å². The van der Waals surface area contributed by atoms with Crippen molar-refractivity contribution < 1.29 is 13.2 Å². The van der Waals surface area contributed by atoms with Gasteiger partial charge in [-0.25, -0.2) is 9.97 Å². The number of aryl methyl sites for hydroxylation is 1. The zero-order valence-electron chi connectivity index (χ0n) is 14.1. The van der Waals surface area contributed by atoms with Crippen molar-refractivity contribution in [2.75, 3.05) is 0 Å². The summed E-state index contributed by atoms with van der Waals surface area (Å²) in [6.45, 7) is 1.83. The zero-order chi connectivity index (χ0) is 19.0. The average molecular weight is 423 g/mol. The Morgan fingerprint density at radius 2 is 1.93 bits per heavy atom. The molecule has 1 aromatic carbocycles. The molecule has 0 saturated heterocycles. The van der Waals surface area contributed by atoms with E-state index in [1.165, 1.54) is 23.9 Å². The van der Waals surface area contributed by atoms with E-state index >= 15 is 0 Å². The second kappa shape index (κ2) is 7.26. The fourth-order valence-corrected chi connectivity index (χ4v) is 5.62. The highest BCUT2D eigenvalue weighted by Crippen LogP contribution is 2.40. The van der Waals surface area contributed by atoms with Crippen LogP contribution in [0.25, 0.3) is 20.7 Å². The van der Waals surface area contributed by atoms with Gasteiger partial charge in [0.15, 0.2) is 0 Å². The largest absolute Gasteiger partial charge is 0.416 e. The molecule has 0 aliphatic carbocycles. The van der Waals surface area contributed by atoms with Gasteiger partial charge in [-0.05, 0) is 30.0 Å². The molecule has 0 unspecified atom stereocenters. The van der Waals surface area contributed by atoms with Crippen molar-refractivity contribution in [1.82, 2.24) is 9.97 Å². The third kappa shape index (κ3) is 3.88. The minimum Gasteiger partial charge on any atom is -0.226 e. The number of halogens is 3. The highest BCUT2D eigenvalue weighted by molar-refractivity contribution is 7.98. The number of aromatic nitrogens is 2. The average Bonchev–Trinajstić information content (AvgIpc) is 3.28. The van der Waals surface area contributed by atoms with Gasteiger partial charge in [-0.15, -0.1) is 34.4 Å². The van der Waals surface area contributed by atoms with Crippen LogP contribution in [0.4, 0.5) is 13.2 Å². The maximum atomic E-state index is 12.9. The Kier molecular flexibility index (Phi) is 4.96. The number of rotatable bonds is 4. The van der Waals surface area contributed by atoms with Crippen LogP contribution >= 0.6 is 34.4 Å². The van der Waals surface area contributed by atoms with E-state index in [9.17, 15) is 13.2 Å². The van der Waals surface area contributed by atoms with Gasteiger partial charge in [0, 0.05) is 21.6 Å². The minimum atomic E-state index is -4.33. The molecule has 0 saturated carbocycles. The van der Waals surface area contributed by atoms with E-state index in [0.717, 1.165) is 31.7 Å². The summed E-state index contributed by atoms with van der Waals surface area (Å²) in [5.74, 6) is 1.07. The van der Waals surface area contributed by atoms with E-state index in [1.54, 1.807) is 28.7 Å². The third-order valence-corrected chi connectivity index (χ3v) is 6.75. The Morgan fingerprint density at radius 1 is 1.07 bits per heavy atom. The highest BCUT2D eigenvalue weighted by atomic mass is 32.2. The number of alkyl halides is 3. The summed E-state index contributed by atoms with van der Waals surface area (Å²) in [6.07, 6.45) is -4.33. The molecule has 0 radical (unpaired) electrons. The number of thiophene rings is 2. The summed E-state index contributed by atoms with van der Waals surface area (Å²) in [4.78, 5) is 11.1. The fourth-order valence-electron chi connectivity index (χ4n) is 2.72. The molecule has 0 spiro atoms. The smallest absolute Gasteiger partial charge is 0.226 e. The summed E-state index contributed by atoms with van der Waals surface area (Å²) in [7, 11) is 0. The first-order valence-corrected chi connectivity index (χ1v) is 10.7. The van der Waals surface area contributed by atoms with Gasteiger partial charge in [0.2, 0.25) is 0 Å². The molecule has 0 aliphatic rings. The Morgan fingerprint density at radius 3 is 2.67 bits per heavy atom. The number of nitrogens with zero attached hydrogens (tertiary/aromatic N) is 2. The monoisotopic (exact) mass is 422 g/mol. The van der Waals surface area contributed by atoms with E-state index in [0.29, 0.717) is 17.1 Å². The number of hydrogen-bond acceptors (Lipinski definition) is 5. The molecule has 3 aromatic heterocycles. The van der Waals surface area contributed by atoms with E-state index in [1.807, 2.05) is 24.4 Å². The fraction of sp³-hybridized carbons (Fsp3) is 0.158. The van der Waals surface area contributed by atoms with E-state index < -0.39 is 11.7 Å². The van der Waals surface area contributed by atoms with Crippen LogP contribution in [0.1, 0.15) is 17.0 Å². The quantitative estimate of drug-likeness (QED) is 0.261. The van der Waals surface area contributed by atoms with E-state index in [2.05, 4.69) is 15.3 Å². The molecule has 4 rings (SSSR count). The van der Waals surface area contributed by atoms with Crippen molar-refractivity contribution in [3.63, 3.8) is 0 Å². The van der Waals surface area contributed by atoms with Gasteiger partial charge >= 0.3 is 6.18 Å². The number of benzene rings is 1. The lowest BCUT2D eigenvalue weighted by Gasteiger charge is -2.09. The predicted molar refractivity (Wildman–Crippen MR) is 106 cm³/mol. The van der Waals surface area contributed by atoms with Crippen molar-refractivity contribution >= 4 is 44.7 Å². The van der Waals surface area contributed by atoms with Crippen LogP contribution < -0.4 is 0 Å². The molecular formula is C19H13F3N2S3. The van der Waals surface area contributed by atoms with Crippen LogP contribution in [0.3, 0.4) is 0 Å². The summed E-state index contributed by atoms with van der Waals surface area (Å²) in [5.41, 5.74) is 1.07. The summed E-state index contributed by atoms with van der Waals surface area (Å²) in [5, 5.41) is 5.87. The molecule has 4 aromatic rings. The maximum Gasteiger partial charge on any atom is 0.416 e. The molecule has 0 bridgehead atoms. The van der Waals surface area contributed by atoms with Crippen molar-refractivity contribution in [2.24, 2.45) is 0 Å². The Labute approximate surface area is 166 Å². The third-order valence-electron chi connectivity index (χ3n) is 3.93. The first kappa shape index (κ1) is 18.5. The van der Waals surface area contributed by atoms with Gasteiger partial charge in [0.25, 0.3) is 0 Å². The lowest BCUT2D eigenvalue weighted by atomic mass is 10.1. The number of thioether (sulfide) groups is 1. The first-order chi connectivity index (χ1) is 12.9. The van der Waals surface area contributed by atoms with Crippen LogP contribution in [0.15, 0.2) is 52.2 Å². The number of hydrogen-bond donors (Lipinski definition) is 0. The SMILES string of the molecule is Cc1nc(SCc2cccc(C(F)(F)F)c2)c2c(-c3cccs3)csc2n1. The van der Waals surface area contributed by atoms with Crippen LogP contribution in [0.5, 0.6) is 0 Å². The minimum absolute atomic E-state index is 0.412. The molecule has 0 amide bonds. The molecule has 138 valence electrons. The van der Waals surface area contributed by atoms with Crippen LogP contribution in [0, 0.1) is 6.92 Å². The Bertz CT molecular complexity index is 1090. The van der Waals surface area contributed by atoms with Crippen molar-refractivity contribution in [3.8, 4) is 10.4 Å².